The van der Waals surface area contributed by atoms with Gasteiger partial charge in [-0.2, -0.15) is 0 Å². The van der Waals surface area contributed by atoms with E-state index < -0.39 is 11.0 Å². The summed E-state index contributed by atoms with van der Waals surface area (Å²) in [6.07, 6.45) is 0. The van der Waals surface area contributed by atoms with Crippen molar-refractivity contribution >= 4 is 5.97 Å². The maximum atomic E-state index is 11.6. The molecule has 0 aliphatic rings. The standard InChI is InChI=1S/C11H22O3/c1-7-14-9(12)10(4,5)11(6,13)8(2)3/h8,13H,7H2,1-6H3. The highest BCUT2D eigenvalue weighted by atomic mass is 16.5. The average Bonchev–Trinajstić information content (AvgIpc) is 2.04. The van der Waals surface area contributed by atoms with Gasteiger partial charge in [-0.1, -0.05) is 13.8 Å². The first kappa shape index (κ1) is 13.4. The van der Waals surface area contributed by atoms with Crippen LogP contribution in [0.5, 0.6) is 0 Å². The Morgan fingerprint density at radius 2 is 1.79 bits per heavy atom. The molecule has 0 aromatic heterocycles. The molecule has 3 heteroatoms. The highest BCUT2D eigenvalue weighted by Gasteiger charge is 2.48. The second-order valence-electron chi connectivity index (χ2n) is 4.65. The number of hydrogen-bond acceptors (Lipinski definition) is 3. The molecule has 14 heavy (non-hydrogen) atoms. The summed E-state index contributed by atoms with van der Waals surface area (Å²) in [4.78, 5) is 11.6. The van der Waals surface area contributed by atoms with Gasteiger partial charge in [-0.3, -0.25) is 4.79 Å². The van der Waals surface area contributed by atoms with Crippen LogP contribution in [-0.2, 0) is 9.53 Å². The number of hydrogen-bond donors (Lipinski definition) is 1. The smallest absolute Gasteiger partial charge is 0.314 e. The summed E-state index contributed by atoms with van der Waals surface area (Å²) in [7, 11) is 0. The SMILES string of the molecule is CCOC(=O)C(C)(C)C(C)(O)C(C)C. The van der Waals surface area contributed by atoms with Gasteiger partial charge in [0.25, 0.3) is 0 Å². The number of esters is 1. The average molecular weight is 202 g/mol. The van der Waals surface area contributed by atoms with Gasteiger partial charge in [0.05, 0.1) is 17.6 Å². The van der Waals surface area contributed by atoms with Crippen molar-refractivity contribution in [2.24, 2.45) is 11.3 Å². The molecule has 0 aromatic carbocycles. The molecular weight excluding hydrogens is 180 g/mol. The normalized spacial score (nSPS) is 16.6. The molecule has 84 valence electrons. The number of rotatable bonds is 4. The minimum Gasteiger partial charge on any atom is -0.465 e. The lowest BCUT2D eigenvalue weighted by Crippen LogP contribution is -2.51. The molecule has 0 aromatic rings. The van der Waals surface area contributed by atoms with Crippen LogP contribution in [0.2, 0.25) is 0 Å². The van der Waals surface area contributed by atoms with E-state index in [1.807, 2.05) is 13.8 Å². The van der Waals surface area contributed by atoms with Crippen LogP contribution in [0.1, 0.15) is 41.5 Å². The highest BCUT2D eigenvalue weighted by Crippen LogP contribution is 2.37. The van der Waals surface area contributed by atoms with Crippen molar-refractivity contribution in [1.29, 1.82) is 0 Å². The van der Waals surface area contributed by atoms with Crippen molar-refractivity contribution in [1.82, 2.24) is 0 Å². The summed E-state index contributed by atoms with van der Waals surface area (Å²) >= 11 is 0. The largest absolute Gasteiger partial charge is 0.465 e. The van der Waals surface area contributed by atoms with Gasteiger partial charge >= 0.3 is 5.97 Å². The summed E-state index contributed by atoms with van der Waals surface area (Å²) < 4.78 is 4.94. The third kappa shape index (κ3) is 2.27. The van der Waals surface area contributed by atoms with Crippen LogP contribution in [0.25, 0.3) is 0 Å². The Balaban J connectivity index is 4.84. The lowest BCUT2D eigenvalue weighted by Gasteiger charge is -2.40. The zero-order valence-corrected chi connectivity index (χ0v) is 10.0. The molecule has 0 saturated heterocycles. The van der Waals surface area contributed by atoms with Gasteiger partial charge in [-0.15, -0.1) is 0 Å². The molecule has 0 rings (SSSR count). The molecule has 0 bridgehead atoms. The molecule has 0 aliphatic carbocycles. The van der Waals surface area contributed by atoms with Crippen molar-refractivity contribution in [3.63, 3.8) is 0 Å². The van der Waals surface area contributed by atoms with Crippen LogP contribution < -0.4 is 0 Å². The van der Waals surface area contributed by atoms with E-state index in [0.717, 1.165) is 0 Å². The molecular formula is C11H22O3. The molecule has 0 heterocycles. The molecule has 0 amide bonds. The molecule has 0 spiro atoms. The first-order valence-corrected chi connectivity index (χ1v) is 5.07. The lowest BCUT2D eigenvalue weighted by molar-refractivity contribution is -0.174. The van der Waals surface area contributed by atoms with E-state index in [4.69, 9.17) is 4.74 Å². The van der Waals surface area contributed by atoms with Crippen LogP contribution in [0.15, 0.2) is 0 Å². The zero-order chi connectivity index (χ0) is 11.6. The first-order chi connectivity index (χ1) is 6.17. The fourth-order valence-corrected chi connectivity index (χ4v) is 1.24. The Morgan fingerprint density at radius 1 is 1.36 bits per heavy atom. The lowest BCUT2D eigenvalue weighted by atomic mass is 9.70. The first-order valence-electron chi connectivity index (χ1n) is 5.07. The maximum Gasteiger partial charge on any atom is 0.314 e. The van der Waals surface area contributed by atoms with Crippen molar-refractivity contribution < 1.29 is 14.6 Å². The van der Waals surface area contributed by atoms with Crippen LogP contribution in [-0.4, -0.2) is 23.3 Å². The van der Waals surface area contributed by atoms with E-state index in [0.29, 0.717) is 6.61 Å². The van der Waals surface area contributed by atoms with E-state index in [-0.39, 0.29) is 11.9 Å². The van der Waals surface area contributed by atoms with Crippen molar-refractivity contribution in [2.75, 3.05) is 6.61 Å². The number of ether oxygens (including phenoxy) is 1. The minimum atomic E-state index is -1.06. The van der Waals surface area contributed by atoms with Crippen molar-refractivity contribution in [2.45, 2.75) is 47.1 Å². The Kier molecular flexibility index (Phi) is 4.13. The summed E-state index contributed by atoms with van der Waals surface area (Å²) in [5.74, 6) is -0.347. The molecule has 0 saturated carbocycles. The fraction of sp³-hybridized carbons (Fsp3) is 0.909. The quantitative estimate of drug-likeness (QED) is 0.709. The second-order valence-corrected chi connectivity index (χ2v) is 4.65. The number of aliphatic hydroxyl groups is 1. The Morgan fingerprint density at radius 3 is 2.07 bits per heavy atom. The monoisotopic (exact) mass is 202 g/mol. The molecule has 0 radical (unpaired) electrons. The third-order valence-electron chi connectivity index (χ3n) is 3.18. The van der Waals surface area contributed by atoms with Gasteiger partial charge in [0.1, 0.15) is 0 Å². The predicted molar refractivity (Wildman–Crippen MR) is 55.9 cm³/mol. The molecule has 1 N–H and O–H groups in total. The van der Waals surface area contributed by atoms with E-state index in [2.05, 4.69) is 0 Å². The second kappa shape index (κ2) is 4.30. The van der Waals surface area contributed by atoms with Gasteiger partial charge in [0.2, 0.25) is 0 Å². The molecule has 1 atom stereocenters. The molecule has 1 unspecified atom stereocenters. The number of carbonyl (C=O) groups is 1. The van der Waals surface area contributed by atoms with Gasteiger partial charge < -0.3 is 9.84 Å². The number of carbonyl (C=O) groups excluding carboxylic acids is 1. The maximum absolute atomic E-state index is 11.6. The Bertz CT molecular complexity index is 205. The van der Waals surface area contributed by atoms with Gasteiger partial charge in [-0.25, -0.2) is 0 Å². The zero-order valence-electron chi connectivity index (χ0n) is 10.0. The summed E-state index contributed by atoms with van der Waals surface area (Å²) in [6, 6.07) is 0. The minimum absolute atomic E-state index is 0.00176. The molecule has 3 nitrogen and oxygen atoms in total. The van der Waals surface area contributed by atoms with E-state index >= 15 is 0 Å². The van der Waals surface area contributed by atoms with Crippen molar-refractivity contribution in [3.8, 4) is 0 Å². The highest BCUT2D eigenvalue weighted by molar-refractivity contribution is 5.77. The van der Waals surface area contributed by atoms with E-state index in [1.54, 1.807) is 27.7 Å². The van der Waals surface area contributed by atoms with Gasteiger partial charge in [0, 0.05) is 0 Å². The van der Waals surface area contributed by atoms with E-state index in [9.17, 15) is 9.90 Å². The predicted octanol–water partition coefficient (Wildman–Crippen LogP) is 1.98. The summed E-state index contributed by atoms with van der Waals surface area (Å²) in [6.45, 7) is 11.0. The van der Waals surface area contributed by atoms with E-state index in [1.165, 1.54) is 0 Å². The summed E-state index contributed by atoms with van der Waals surface area (Å²) in [5, 5.41) is 10.2. The van der Waals surface area contributed by atoms with Crippen LogP contribution in [0.3, 0.4) is 0 Å². The molecule has 0 aliphatic heterocycles. The van der Waals surface area contributed by atoms with Crippen LogP contribution in [0, 0.1) is 11.3 Å². The molecule has 0 fully saturated rings. The fourth-order valence-electron chi connectivity index (χ4n) is 1.24. The Labute approximate surface area is 86.5 Å². The van der Waals surface area contributed by atoms with Crippen LogP contribution >= 0.6 is 0 Å². The van der Waals surface area contributed by atoms with Crippen molar-refractivity contribution in [3.05, 3.63) is 0 Å². The summed E-state index contributed by atoms with van der Waals surface area (Å²) in [5.41, 5.74) is -1.93. The Hall–Kier alpha value is -0.570. The third-order valence-corrected chi connectivity index (χ3v) is 3.18. The van der Waals surface area contributed by atoms with Crippen LogP contribution in [0.4, 0.5) is 0 Å². The van der Waals surface area contributed by atoms with Gasteiger partial charge in [0.15, 0.2) is 0 Å². The topological polar surface area (TPSA) is 46.5 Å². The van der Waals surface area contributed by atoms with Gasteiger partial charge in [-0.05, 0) is 33.6 Å².